The van der Waals surface area contributed by atoms with Crippen LogP contribution in [0, 0.1) is 11.6 Å². The second kappa shape index (κ2) is 5.54. The summed E-state index contributed by atoms with van der Waals surface area (Å²) in [6, 6.07) is 11.5. The van der Waals surface area contributed by atoms with Gasteiger partial charge in [0.15, 0.2) is 0 Å². The third kappa shape index (κ3) is 2.58. The van der Waals surface area contributed by atoms with Gasteiger partial charge in [-0.05, 0) is 42.2 Å². The molecule has 0 amide bonds. The first-order valence-corrected chi connectivity index (χ1v) is 7.48. The lowest BCUT2D eigenvalue weighted by molar-refractivity contribution is 0.567. The number of rotatable bonds is 2. The van der Waals surface area contributed by atoms with Crippen molar-refractivity contribution < 1.29 is 8.78 Å². The summed E-state index contributed by atoms with van der Waals surface area (Å²) < 4.78 is 26.9. The zero-order chi connectivity index (χ0) is 14.1. The van der Waals surface area contributed by atoms with Gasteiger partial charge >= 0.3 is 0 Å². The Hall–Kier alpha value is -1.39. The monoisotopic (exact) mass is 291 g/mol. The van der Waals surface area contributed by atoms with Gasteiger partial charge in [-0.25, -0.2) is 8.78 Å². The van der Waals surface area contributed by atoms with Crippen LogP contribution in [0.4, 0.5) is 8.78 Å². The highest BCUT2D eigenvalue weighted by Gasteiger charge is 2.27. The first kappa shape index (κ1) is 13.6. The van der Waals surface area contributed by atoms with Gasteiger partial charge < -0.3 is 5.73 Å². The van der Waals surface area contributed by atoms with Gasteiger partial charge in [0.25, 0.3) is 0 Å². The summed E-state index contributed by atoms with van der Waals surface area (Å²) in [6.45, 7) is 0. The standard InChI is InChI=1S/C16H15F2NS/c17-11-6-7-13(18)15(9-11)20-14-8-5-10-3-1-2-4-12(10)16(14)19/h1-4,6-7,9,14,16H,5,8,19H2. The number of halogens is 2. The maximum Gasteiger partial charge on any atom is 0.136 e. The fourth-order valence-corrected chi connectivity index (χ4v) is 3.84. The predicted molar refractivity (Wildman–Crippen MR) is 77.7 cm³/mol. The van der Waals surface area contributed by atoms with Gasteiger partial charge in [0.05, 0.1) is 0 Å². The minimum Gasteiger partial charge on any atom is -0.323 e. The largest absolute Gasteiger partial charge is 0.323 e. The van der Waals surface area contributed by atoms with Crippen LogP contribution in [0.2, 0.25) is 0 Å². The first-order valence-electron chi connectivity index (χ1n) is 6.60. The van der Waals surface area contributed by atoms with Crippen LogP contribution in [-0.2, 0) is 6.42 Å². The van der Waals surface area contributed by atoms with Crippen molar-refractivity contribution in [3.05, 3.63) is 65.2 Å². The van der Waals surface area contributed by atoms with Gasteiger partial charge in [-0.2, -0.15) is 0 Å². The summed E-state index contributed by atoms with van der Waals surface area (Å²) in [6.07, 6.45) is 1.80. The third-order valence-corrected chi connectivity index (χ3v) is 5.08. The molecule has 2 aromatic rings. The molecule has 104 valence electrons. The second-order valence-corrected chi connectivity index (χ2v) is 6.28. The van der Waals surface area contributed by atoms with Gasteiger partial charge in [0.2, 0.25) is 0 Å². The van der Waals surface area contributed by atoms with E-state index in [1.807, 2.05) is 18.2 Å². The molecule has 0 heterocycles. The lowest BCUT2D eigenvalue weighted by Gasteiger charge is -2.30. The minimum atomic E-state index is -0.418. The summed E-state index contributed by atoms with van der Waals surface area (Å²) in [5, 5.41) is 0.0706. The highest BCUT2D eigenvalue weighted by molar-refractivity contribution is 8.00. The molecule has 1 nitrogen and oxygen atoms in total. The number of benzene rings is 2. The van der Waals surface area contributed by atoms with Crippen molar-refractivity contribution >= 4 is 11.8 Å². The van der Waals surface area contributed by atoms with Crippen molar-refractivity contribution in [3.63, 3.8) is 0 Å². The molecule has 0 aromatic heterocycles. The maximum atomic E-state index is 13.7. The zero-order valence-electron chi connectivity index (χ0n) is 10.9. The smallest absolute Gasteiger partial charge is 0.136 e. The SMILES string of the molecule is NC1c2ccccc2CCC1Sc1cc(F)ccc1F. The average molecular weight is 291 g/mol. The Morgan fingerprint density at radius 3 is 2.75 bits per heavy atom. The van der Waals surface area contributed by atoms with E-state index in [2.05, 4.69) is 6.07 Å². The van der Waals surface area contributed by atoms with Crippen LogP contribution in [-0.4, -0.2) is 5.25 Å². The molecule has 2 unspecified atom stereocenters. The molecule has 1 aliphatic rings. The Morgan fingerprint density at radius 1 is 1.10 bits per heavy atom. The van der Waals surface area contributed by atoms with E-state index in [-0.39, 0.29) is 17.1 Å². The summed E-state index contributed by atoms with van der Waals surface area (Å²) in [5.74, 6) is -0.805. The zero-order valence-corrected chi connectivity index (χ0v) is 11.7. The molecule has 3 rings (SSSR count). The maximum absolute atomic E-state index is 13.7. The number of fused-ring (bicyclic) bond motifs is 1. The van der Waals surface area contributed by atoms with Crippen LogP contribution >= 0.6 is 11.8 Å². The molecule has 0 bridgehead atoms. The molecule has 2 aromatic carbocycles. The van der Waals surface area contributed by atoms with Crippen LogP contribution < -0.4 is 5.73 Å². The molecule has 0 saturated carbocycles. The van der Waals surface area contributed by atoms with Crippen molar-refractivity contribution in [2.24, 2.45) is 5.73 Å². The number of nitrogens with two attached hydrogens (primary N) is 1. The molecule has 0 radical (unpaired) electrons. The molecule has 4 heteroatoms. The van der Waals surface area contributed by atoms with Crippen LogP contribution in [0.5, 0.6) is 0 Å². The predicted octanol–water partition coefficient (Wildman–Crippen LogP) is 4.07. The molecule has 1 aliphatic carbocycles. The van der Waals surface area contributed by atoms with E-state index in [0.29, 0.717) is 4.90 Å². The van der Waals surface area contributed by atoms with Gasteiger partial charge in [-0.1, -0.05) is 24.3 Å². The van der Waals surface area contributed by atoms with Gasteiger partial charge in [-0.15, -0.1) is 11.8 Å². The summed E-state index contributed by atoms with van der Waals surface area (Å²) in [7, 11) is 0. The summed E-state index contributed by atoms with van der Waals surface area (Å²) in [4.78, 5) is 0.338. The molecule has 2 atom stereocenters. The molecular formula is C16H15F2NS. The topological polar surface area (TPSA) is 26.0 Å². The average Bonchev–Trinajstić information content (AvgIpc) is 2.46. The van der Waals surface area contributed by atoms with Crippen molar-refractivity contribution in [1.82, 2.24) is 0 Å². The number of aryl methyl sites for hydroxylation is 1. The van der Waals surface area contributed by atoms with Gasteiger partial charge in [0, 0.05) is 16.2 Å². The summed E-state index contributed by atoms with van der Waals surface area (Å²) >= 11 is 1.34. The normalized spacial score (nSPS) is 21.6. The Labute approximate surface area is 121 Å². The lowest BCUT2D eigenvalue weighted by Crippen LogP contribution is -2.29. The number of hydrogen-bond acceptors (Lipinski definition) is 2. The fraction of sp³-hybridized carbons (Fsp3) is 0.250. The van der Waals surface area contributed by atoms with Crippen LogP contribution in [0.25, 0.3) is 0 Å². The van der Waals surface area contributed by atoms with Gasteiger partial charge in [0.1, 0.15) is 11.6 Å². The Bertz CT molecular complexity index is 630. The molecule has 2 N–H and O–H groups in total. The molecule has 0 spiro atoms. The van der Waals surface area contributed by atoms with E-state index >= 15 is 0 Å². The van der Waals surface area contributed by atoms with E-state index in [9.17, 15) is 8.78 Å². The van der Waals surface area contributed by atoms with E-state index in [0.717, 1.165) is 24.5 Å². The van der Waals surface area contributed by atoms with Gasteiger partial charge in [-0.3, -0.25) is 0 Å². The molecular weight excluding hydrogens is 276 g/mol. The molecule has 20 heavy (non-hydrogen) atoms. The van der Waals surface area contributed by atoms with Crippen molar-refractivity contribution in [2.75, 3.05) is 0 Å². The Balaban J connectivity index is 1.84. The molecule has 0 saturated heterocycles. The highest BCUT2D eigenvalue weighted by Crippen LogP contribution is 2.39. The third-order valence-electron chi connectivity index (χ3n) is 3.68. The molecule has 0 fully saturated rings. The quantitative estimate of drug-likeness (QED) is 0.902. The van der Waals surface area contributed by atoms with E-state index in [1.165, 1.54) is 29.5 Å². The van der Waals surface area contributed by atoms with E-state index < -0.39 is 5.82 Å². The second-order valence-electron chi connectivity index (χ2n) is 4.99. The van der Waals surface area contributed by atoms with Crippen molar-refractivity contribution in [2.45, 2.75) is 29.0 Å². The summed E-state index contributed by atoms with van der Waals surface area (Å²) in [5.41, 5.74) is 8.67. The number of thioether (sulfide) groups is 1. The highest BCUT2D eigenvalue weighted by atomic mass is 32.2. The van der Waals surface area contributed by atoms with Crippen LogP contribution in [0.1, 0.15) is 23.6 Å². The lowest BCUT2D eigenvalue weighted by atomic mass is 9.88. The Kier molecular flexibility index (Phi) is 3.76. The van der Waals surface area contributed by atoms with E-state index in [1.54, 1.807) is 0 Å². The van der Waals surface area contributed by atoms with E-state index in [4.69, 9.17) is 5.73 Å². The van der Waals surface area contributed by atoms with Crippen LogP contribution in [0.3, 0.4) is 0 Å². The minimum absolute atomic E-state index is 0.0706. The molecule has 0 aliphatic heterocycles. The van der Waals surface area contributed by atoms with Crippen LogP contribution in [0.15, 0.2) is 47.4 Å². The van der Waals surface area contributed by atoms with Crippen molar-refractivity contribution in [3.8, 4) is 0 Å². The fourth-order valence-electron chi connectivity index (χ4n) is 2.63. The Morgan fingerprint density at radius 2 is 1.90 bits per heavy atom. The number of hydrogen-bond donors (Lipinski definition) is 1. The first-order chi connectivity index (χ1) is 9.65. The van der Waals surface area contributed by atoms with Crippen molar-refractivity contribution in [1.29, 1.82) is 0 Å².